The number of hydrogen-bond acceptors (Lipinski definition) is 2. The van der Waals surface area contributed by atoms with Gasteiger partial charge in [-0.3, -0.25) is 9.59 Å². The standard InChI is InChI=1S/C13H21NO3/c1-10-3-7-14(8-4-10)11(15)9-13(12(16)17)5-2-6-13/h10H,2-9H2,1H3,(H,16,17). The molecule has 17 heavy (non-hydrogen) atoms. The molecule has 1 aliphatic carbocycles. The molecule has 1 aliphatic heterocycles. The second kappa shape index (κ2) is 4.67. The first-order valence-electron chi connectivity index (χ1n) is 6.55. The smallest absolute Gasteiger partial charge is 0.310 e. The largest absolute Gasteiger partial charge is 0.481 e. The maximum atomic E-state index is 12.1. The molecule has 0 bridgehead atoms. The van der Waals surface area contributed by atoms with E-state index in [4.69, 9.17) is 0 Å². The second-order valence-electron chi connectivity index (χ2n) is 5.68. The van der Waals surface area contributed by atoms with Crippen molar-refractivity contribution in [3.8, 4) is 0 Å². The van der Waals surface area contributed by atoms with E-state index in [1.54, 1.807) is 0 Å². The van der Waals surface area contributed by atoms with E-state index >= 15 is 0 Å². The molecular weight excluding hydrogens is 218 g/mol. The van der Waals surface area contributed by atoms with Crippen molar-refractivity contribution in [1.82, 2.24) is 4.90 Å². The van der Waals surface area contributed by atoms with Crippen molar-refractivity contribution in [1.29, 1.82) is 0 Å². The highest BCUT2D eigenvalue weighted by atomic mass is 16.4. The number of carbonyl (C=O) groups excluding carboxylic acids is 1. The zero-order valence-corrected chi connectivity index (χ0v) is 10.4. The molecule has 2 rings (SSSR count). The van der Waals surface area contributed by atoms with Crippen molar-refractivity contribution in [2.75, 3.05) is 13.1 Å². The van der Waals surface area contributed by atoms with Gasteiger partial charge in [0.1, 0.15) is 0 Å². The van der Waals surface area contributed by atoms with E-state index < -0.39 is 11.4 Å². The van der Waals surface area contributed by atoms with Gasteiger partial charge in [0, 0.05) is 19.5 Å². The van der Waals surface area contributed by atoms with Gasteiger partial charge in [0.15, 0.2) is 0 Å². The van der Waals surface area contributed by atoms with E-state index in [0.29, 0.717) is 18.8 Å². The van der Waals surface area contributed by atoms with Crippen LogP contribution in [-0.4, -0.2) is 35.0 Å². The van der Waals surface area contributed by atoms with E-state index in [1.165, 1.54) is 0 Å². The van der Waals surface area contributed by atoms with E-state index in [1.807, 2.05) is 4.90 Å². The van der Waals surface area contributed by atoms with Crippen LogP contribution < -0.4 is 0 Å². The molecule has 1 heterocycles. The molecule has 96 valence electrons. The lowest BCUT2D eigenvalue weighted by Gasteiger charge is -2.39. The Hall–Kier alpha value is -1.06. The number of likely N-dealkylation sites (tertiary alicyclic amines) is 1. The van der Waals surface area contributed by atoms with E-state index in [0.717, 1.165) is 32.4 Å². The van der Waals surface area contributed by atoms with Crippen LogP contribution in [0.25, 0.3) is 0 Å². The number of nitrogens with zero attached hydrogens (tertiary/aromatic N) is 1. The van der Waals surface area contributed by atoms with Gasteiger partial charge in [0.25, 0.3) is 0 Å². The lowest BCUT2D eigenvalue weighted by atomic mass is 9.66. The van der Waals surface area contributed by atoms with E-state index in [-0.39, 0.29) is 12.3 Å². The zero-order valence-electron chi connectivity index (χ0n) is 10.4. The summed E-state index contributed by atoms with van der Waals surface area (Å²) in [6.07, 6.45) is 4.57. The van der Waals surface area contributed by atoms with Gasteiger partial charge in [-0.25, -0.2) is 0 Å². The lowest BCUT2D eigenvalue weighted by molar-refractivity contribution is -0.159. The average molecular weight is 239 g/mol. The number of aliphatic carboxylic acids is 1. The van der Waals surface area contributed by atoms with E-state index in [2.05, 4.69) is 6.92 Å². The molecule has 4 heteroatoms. The molecule has 0 spiro atoms. The minimum absolute atomic E-state index is 0.0407. The van der Waals surface area contributed by atoms with Crippen LogP contribution in [0, 0.1) is 11.3 Å². The number of carboxylic acids is 1. The van der Waals surface area contributed by atoms with Crippen molar-refractivity contribution in [3.63, 3.8) is 0 Å². The molecule has 0 radical (unpaired) electrons. The molecule has 1 saturated carbocycles. The number of hydrogen-bond donors (Lipinski definition) is 1. The minimum atomic E-state index is -0.789. The van der Waals surface area contributed by atoms with Gasteiger partial charge in [-0.2, -0.15) is 0 Å². The monoisotopic (exact) mass is 239 g/mol. The molecule has 0 atom stereocenters. The number of carbonyl (C=O) groups is 2. The summed E-state index contributed by atoms with van der Waals surface area (Å²) in [5, 5.41) is 9.20. The molecule has 4 nitrogen and oxygen atoms in total. The number of carboxylic acid groups (broad SMARTS) is 1. The van der Waals surface area contributed by atoms with E-state index in [9.17, 15) is 14.7 Å². The van der Waals surface area contributed by atoms with Crippen LogP contribution in [0.5, 0.6) is 0 Å². The summed E-state index contributed by atoms with van der Waals surface area (Å²) in [6.45, 7) is 3.80. The Morgan fingerprint density at radius 3 is 2.29 bits per heavy atom. The first-order valence-corrected chi connectivity index (χ1v) is 6.55. The van der Waals surface area contributed by atoms with Gasteiger partial charge in [-0.15, -0.1) is 0 Å². The minimum Gasteiger partial charge on any atom is -0.481 e. The third-order valence-electron chi connectivity index (χ3n) is 4.39. The van der Waals surface area contributed by atoms with Gasteiger partial charge in [0.2, 0.25) is 5.91 Å². The second-order valence-corrected chi connectivity index (χ2v) is 5.68. The Bertz CT molecular complexity index is 315. The summed E-state index contributed by atoms with van der Waals surface area (Å²) in [7, 11) is 0. The topological polar surface area (TPSA) is 57.6 Å². The highest BCUT2D eigenvalue weighted by Gasteiger charge is 2.46. The SMILES string of the molecule is CC1CCN(C(=O)CC2(C(=O)O)CCC2)CC1. The highest BCUT2D eigenvalue weighted by molar-refractivity contribution is 5.85. The molecular formula is C13H21NO3. The van der Waals surface area contributed by atoms with Crippen molar-refractivity contribution in [2.45, 2.75) is 45.4 Å². The fourth-order valence-corrected chi connectivity index (χ4v) is 2.73. The summed E-state index contributed by atoms with van der Waals surface area (Å²) in [5.41, 5.74) is -0.736. The van der Waals surface area contributed by atoms with Crippen LogP contribution in [0.3, 0.4) is 0 Å². The van der Waals surface area contributed by atoms with Gasteiger partial charge < -0.3 is 10.0 Å². The fourth-order valence-electron chi connectivity index (χ4n) is 2.73. The molecule has 0 aromatic heterocycles. The van der Waals surface area contributed by atoms with Gasteiger partial charge >= 0.3 is 5.97 Å². The molecule has 1 saturated heterocycles. The van der Waals surface area contributed by atoms with Crippen LogP contribution in [0.1, 0.15) is 45.4 Å². The Morgan fingerprint density at radius 2 is 1.88 bits per heavy atom. The molecule has 0 aromatic carbocycles. The predicted molar refractivity (Wildman–Crippen MR) is 63.5 cm³/mol. The van der Waals surface area contributed by atoms with Gasteiger partial charge in [-0.05, 0) is 31.6 Å². The summed E-state index contributed by atoms with van der Waals surface area (Å²) < 4.78 is 0. The molecule has 2 fully saturated rings. The quantitative estimate of drug-likeness (QED) is 0.818. The van der Waals surface area contributed by atoms with Crippen LogP contribution >= 0.6 is 0 Å². The van der Waals surface area contributed by atoms with Crippen molar-refractivity contribution in [3.05, 3.63) is 0 Å². The Kier molecular flexibility index (Phi) is 3.40. The first kappa shape index (κ1) is 12.4. The van der Waals surface area contributed by atoms with Crippen LogP contribution in [0.4, 0.5) is 0 Å². The van der Waals surface area contributed by atoms with Crippen molar-refractivity contribution >= 4 is 11.9 Å². The Balaban J connectivity index is 1.90. The molecule has 0 aromatic rings. The summed E-state index contributed by atoms with van der Waals surface area (Å²) in [5.74, 6) is -0.0577. The van der Waals surface area contributed by atoms with Crippen LogP contribution in [0.2, 0.25) is 0 Å². The highest BCUT2D eigenvalue weighted by Crippen LogP contribution is 2.44. The maximum Gasteiger partial charge on any atom is 0.310 e. The van der Waals surface area contributed by atoms with Crippen LogP contribution in [0.15, 0.2) is 0 Å². The number of amides is 1. The lowest BCUT2D eigenvalue weighted by Crippen LogP contribution is -2.45. The molecule has 1 amide bonds. The Morgan fingerprint density at radius 1 is 1.29 bits per heavy atom. The Labute approximate surface area is 102 Å². The van der Waals surface area contributed by atoms with Crippen molar-refractivity contribution in [2.24, 2.45) is 11.3 Å². The molecule has 0 unspecified atom stereocenters. The first-order chi connectivity index (χ1) is 8.03. The van der Waals surface area contributed by atoms with Gasteiger partial charge in [-0.1, -0.05) is 13.3 Å². The molecule has 1 N–H and O–H groups in total. The average Bonchev–Trinajstić information content (AvgIpc) is 2.23. The summed E-state index contributed by atoms with van der Waals surface area (Å²) in [4.78, 5) is 25.1. The number of rotatable bonds is 3. The van der Waals surface area contributed by atoms with Crippen LogP contribution in [-0.2, 0) is 9.59 Å². The molecule has 2 aliphatic rings. The third kappa shape index (κ3) is 2.45. The number of piperidine rings is 1. The summed E-state index contributed by atoms with van der Waals surface area (Å²) >= 11 is 0. The van der Waals surface area contributed by atoms with Crippen molar-refractivity contribution < 1.29 is 14.7 Å². The zero-order chi connectivity index (χ0) is 12.5. The third-order valence-corrected chi connectivity index (χ3v) is 4.39. The maximum absolute atomic E-state index is 12.1. The fraction of sp³-hybridized carbons (Fsp3) is 0.846. The van der Waals surface area contributed by atoms with Gasteiger partial charge in [0.05, 0.1) is 5.41 Å². The predicted octanol–water partition coefficient (Wildman–Crippen LogP) is 1.89. The normalized spacial score (nSPS) is 24.2. The summed E-state index contributed by atoms with van der Waals surface area (Å²) in [6, 6.07) is 0.